The molecule has 0 heterocycles. The molecule has 0 spiro atoms. The van der Waals surface area contributed by atoms with Gasteiger partial charge in [0, 0.05) is 19.5 Å². The van der Waals surface area contributed by atoms with E-state index in [-0.39, 0.29) is 24.8 Å². The number of aryl methyl sites for hydroxylation is 1. The fourth-order valence-electron chi connectivity index (χ4n) is 2.03. The van der Waals surface area contributed by atoms with Gasteiger partial charge in [-0.3, -0.25) is 9.59 Å². The Morgan fingerprint density at radius 3 is 2.39 bits per heavy atom. The van der Waals surface area contributed by atoms with E-state index in [1.54, 1.807) is 24.3 Å². The molecular formula is C18H19ClN2O2. The molecule has 0 unspecified atom stereocenters. The quantitative estimate of drug-likeness (QED) is 0.855. The molecule has 2 aromatic rings. The van der Waals surface area contributed by atoms with Crippen molar-refractivity contribution in [3.8, 4) is 0 Å². The molecule has 0 bridgehead atoms. The first-order valence-electron chi connectivity index (χ1n) is 7.41. The number of nitrogens with one attached hydrogen (secondary N) is 2. The Morgan fingerprint density at radius 1 is 1.00 bits per heavy atom. The second kappa shape index (κ2) is 8.34. The maximum Gasteiger partial charge on any atom is 0.252 e. The summed E-state index contributed by atoms with van der Waals surface area (Å²) in [4.78, 5) is 23.7. The molecule has 5 heteroatoms. The molecule has 2 rings (SSSR count). The summed E-state index contributed by atoms with van der Waals surface area (Å²) in [5.41, 5.74) is 2.64. The van der Waals surface area contributed by atoms with Gasteiger partial charge in [-0.05, 0) is 24.6 Å². The molecule has 0 fully saturated rings. The topological polar surface area (TPSA) is 58.2 Å². The Labute approximate surface area is 140 Å². The second-order valence-electron chi connectivity index (χ2n) is 5.25. The molecule has 0 saturated heterocycles. The number of rotatable bonds is 6. The molecule has 4 nitrogen and oxygen atoms in total. The summed E-state index contributed by atoms with van der Waals surface area (Å²) in [5, 5.41) is 5.92. The van der Waals surface area contributed by atoms with E-state index >= 15 is 0 Å². The first-order chi connectivity index (χ1) is 11.1. The van der Waals surface area contributed by atoms with E-state index < -0.39 is 0 Å². The third-order valence-corrected chi connectivity index (χ3v) is 3.70. The fraction of sp³-hybridized carbons (Fsp3) is 0.222. The lowest BCUT2D eigenvalue weighted by molar-refractivity contribution is -0.121. The Bertz CT molecular complexity index is 684. The first kappa shape index (κ1) is 17.0. The lowest BCUT2D eigenvalue weighted by atomic mass is 10.1. The second-order valence-corrected chi connectivity index (χ2v) is 5.66. The predicted molar refractivity (Wildman–Crippen MR) is 91.4 cm³/mol. The van der Waals surface area contributed by atoms with Crippen molar-refractivity contribution in [3.63, 3.8) is 0 Å². The highest BCUT2D eigenvalue weighted by atomic mass is 35.5. The van der Waals surface area contributed by atoms with Crippen LogP contribution >= 0.6 is 11.6 Å². The average molecular weight is 331 g/mol. The lowest BCUT2D eigenvalue weighted by Gasteiger charge is -2.08. The zero-order valence-electron chi connectivity index (χ0n) is 12.9. The molecule has 0 aliphatic rings. The van der Waals surface area contributed by atoms with Crippen molar-refractivity contribution in [3.05, 3.63) is 70.2 Å². The Balaban J connectivity index is 1.71. The van der Waals surface area contributed by atoms with Gasteiger partial charge in [-0.2, -0.15) is 0 Å². The van der Waals surface area contributed by atoms with Crippen molar-refractivity contribution in [1.82, 2.24) is 10.6 Å². The highest BCUT2D eigenvalue weighted by Gasteiger charge is 2.09. The number of benzene rings is 2. The number of amides is 2. The summed E-state index contributed by atoms with van der Waals surface area (Å²) >= 11 is 5.95. The minimum atomic E-state index is -0.276. The van der Waals surface area contributed by atoms with E-state index in [0.29, 0.717) is 17.1 Å². The first-order valence-corrected chi connectivity index (χ1v) is 7.79. The average Bonchev–Trinajstić information content (AvgIpc) is 2.54. The van der Waals surface area contributed by atoms with Crippen molar-refractivity contribution in [1.29, 1.82) is 0 Å². The van der Waals surface area contributed by atoms with Gasteiger partial charge in [-0.15, -0.1) is 0 Å². The van der Waals surface area contributed by atoms with Gasteiger partial charge in [0.2, 0.25) is 5.91 Å². The number of halogens is 1. The third kappa shape index (κ3) is 5.42. The number of carbonyl (C=O) groups excluding carboxylic acids is 2. The summed E-state index contributed by atoms with van der Waals surface area (Å²) in [6.07, 6.45) is 0.224. The normalized spacial score (nSPS) is 10.2. The zero-order chi connectivity index (χ0) is 16.7. The van der Waals surface area contributed by atoms with Crippen LogP contribution in [-0.2, 0) is 11.3 Å². The SMILES string of the molecule is Cc1ccc(CNC(=O)CCNC(=O)c2ccccc2Cl)cc1. The van der Waals surface area contributed by atoms with Gasteiger partial charge in [0.25, 0.3) is 5.91 Å². The summed E-state index contributed by atoms with van der Waals surface area (Å²) in [5.74, 6) is -0.382. The molecule has 2 aromatic carbocycles. The zero-order valence-corrected chi connectivity index (χ0v) is 13.7. The van der Waals surface area contributed by atoms with Crippen LogP contribution in [0.4, 0.5) is 0 Å². The maximum absolute atomic E-state index is 11.9. The largest absolute Gasteiger partial charge is 0.352 e. The highest BCUT2D eigenvalue weighted by molar-refractivity contribution is 6.33. The van der Waals surface area contributed by atoms with Gasteiger partial charge in [-0.25, -0.2) is 0 Å². The van der Waals surface area contributed by atoms with Crippen LogP contribution in [0.2, 0.25) is 5.02 Å². The van der Waals surface area contributed by atoms with Crippen LogP contribution in [0.3, 0.4) is 0 Å². The van der Waals surface area contributed by atoms with Gasteiger partial charge < -0.3 is 10.6 Å². The minimum Gasteiger partial charge on any atom is -0.352 e. The van der Waals surface area contributed by atoms with Crippen molar-refractivity contribution < 1.29 is 9.59 Å². The van der Waals surface area contributed by atoms with Crippen LogP contribution in [0.1, 0.15) is 27.9 Å². The van der Waals surface area contributed by atoms with E-state index in [9.17, 15) is 9.59 Å². The molecular weight excluding hydrogens is 312 g/mol. The number of hydrogen-bond donors (Lipinski definition) is 2. The van der Waals surface area contributed by atoms with Crippen LogP contribution in [0.5, 0.6) is 0 Å². The summed E-state index contributed by atoms with van der Waals surface area (Å²) in [6, 6.07) is 14.8. The van der Waals surface area contributed by atoms with Crippen LogP contribution in [0.15, 0.2) is 48.5 Å². The van der Waals surface area contributed by atoms with Crippen molar-refractivity contribution in [2.24, 2.45) is 0 Å². The molecule has 2 amide bonds. The van der Waals surface area contributed by atoms with Crippen molar-refractivity contribution in [2.45, 2.75) is 19.9 Å². The standard InChI is InChI=1S/C18H19ClN2O2/c1-13-6-8-14(9-7-13)12-21-17(22)10-11-20-18(23)15-4-2-3-5-16(15)19/h2-9H,10-12H2,1H3,(H,20,23)(H,21,22). The highest BCUT2D eigenvalue weighted by Crippen LogP contribution is 2.14. The third-order valence-electron chi connectivity index (χ3n) is 3.37. The Kier molecular flexibility index (Phi) is 6.18. The number of hydrogen-bond acceptors (Lipinski definition) is 2. The molecule has 2 N–H and O–H groups in total. The molecule has 0 saturated carbocycles. The predicted octanol–water partition coefficient (Wildman–Crippen LogP) is 3.08. The van der Waals surface area contributed by atoms with E-state index in [0.717, 1.165) is 5.56 Å². The molecule has 0 aliphatic heterocycles. The van der Waals surface area contributed by atoms with Crippen LogP contribution in [-0.4, -0.2) is 18.4 Å². The van der Waals surface area contributed by atoms with Gasteiger partial charge in [-0.1, -0.05) is 53.6 Å². The Hall–Kier alpha value is -2.33. The molecule has 0 atom stereocenters. The van der Waals surface area contributed by atoms with Crippen LogP contribution in [0.25, 0.3) is 0 Å². The van der Waals surface area contributed by atoms with E-state index in [4.69, 9.17) is 11.6 Å². The fourth-order valence-corrected chi connectivity index (χ4v) is 2.25. The Morgan fingerprint density at radius 2 is 1.70 bits per heavy atom. The monoisotopic (exact) mass is 330 g/mol. The summed E-state index contributed by atoms with van der Waals surface area (Å²) in [6.45, 7) is 2.77. The van der Waals surface area contributed by atoms with Crippen LogP contribution in [0, 0.1) is 6.92 Å². The number of carbonyl (C=O) groups is 2. The van der Waals surface area contributed by atoms with Crippen LogP contribution < -0.4 is 10.6 Å². The van der Waals surface area contributed by atoms with Crippen molar-refractivity contribution >= 4 is 23.4 Å². The lowest BCUT2D eigenvalue weighted by Crippen LogP contribution is -2.30. The summed E-state index contributed by atoms with van der Waals surface area (Å²) < 4.78 is 0. The van der Waals surface area contributed by atoms with Gasteiger partial charge in [0.1, 0.15) is 0 Å². The van der Waals surface area contributed by atoms with Gasteiger partial charge in [0.15, 0.2) is 0 Å². The molecule has 120 valence electrons. The smallest absolute Gasteiger partial charge is 0.252 e. The maximum atomic E-state index is 11.9. The van der Waals surface area contributed by atoms with E-state index in [2.05, 4.69) is 10.6 Å². The van der Waals surface area contributed by atoms with E-state index in [1.165, 1.54) is 5.56 Å². The molecule has 0 aliphatic carbocycles. The van der Waals surface area contributed by atoms with Gasteiger partial charge >= 0.3 is 0 Å². The summed E-state index contributed by atoms with van der Waals surface area (Å²) in [7, 11) is 0. The minimum absolute atomic E-state index is 0.106. The molecule has 0 aromatic heterocycles. The van der Waals surface area contributed by atoms with E-state index in [1.807, 2.05) is 31.2 Å². The molecule has 23 heavy (non-hydrogen) atoms. The van der Waals surface area contributed by atoms with Crippen molar-refractivity contribution in [2.75, 3.05) is 6.54 Å². The van der Waals surface area contributed by atoms with Gasteiger partial charge in [0.05, 0.1) is 10.6 Å². The molecule has 0 radical (unpaired) electrons.